The largest absolute Gasteiger partial charge is 0.378 e. The first-order valence-corrected chi connectivity index (χ1v) is 9.63. The lowest BCUT2D eigenvalue weighted by atomic mass is 10.0. The van der Waals surface area contributed by atoms with Crippen LogP contribution in [-0.2, 0) is 14.3 Å². The highest BCUT2D eigenvalue weighted by atomic mass is 35.5. The number of nitrogens with zero attached hydrogens (tertiary/aromatic N) is 2. The summed E-state index contributed by atoms with van der Waals surface area (Å²) in [6, 6.07) is 7.25. The third-order valence-electron chi connectivity index (χ3n) is 5.07. The average Bonchev–Trinajstić information content (AvgIpc) is 3.04. The number of nitrogens with two attached hydrogens (primary N) is 1. The molecule has 0 saturated carbocycles. The van der Waals surface area contributed by atoms with Crippen LogP contribution in [0, 0.1) is 5.92 Å². The molecule has 2 heterocycles. The SMILES string of the molecule is NCCCOC1CCN(C(=O)[C@@H]2CC(=O)N(c3ccccc3Cl)C2)CC1. The zero-order chi connectivity index (χ0) is 18.5. The second kappa shape index (κ2) is 8.84. The predicted octanol–water partition coefficient (Wildman–Crippen LogP) is 2.05. The minimum atomic E-state index is -0.298. The van der Waals surface area contributed by atoms with E-state index in [1.54, 1.807) is 11.0 Å². The maximum absolute atomic E-state index is 12.8. The molecular formula is C19H26ClN3O3. The maximum atomic E-state index is 12.8. The number of piperidine rings is 1. The summed E-state index contributed by atoms with van der Waals surface area (Å²) in [7, 11) is 0. The van der Waals surface area contributed by atoms with E-state index >= 15 is 0 Å². The predicted molar refractivity (Wildman–Crippen MR) is 101 cm³/mol. The third-order valence-corrected chi connectivity index (χ3v) is 5.39. The second-order valence-electron chi connectivity index (χ2n) is 6.89. The molecule has 142 valence electrons. The van der Waals surface area contributed by atoms with Crippen LogP contribution >= 0.6 is 11.6 Å². The van der Waals surface area contributed by atoms with Crippen LogP contribution in [0.1, 0.15) is 25.7 Å². The van der Waals surface area contributed by atoms with Crippen molar-refractivity contribution in [3.63, 3.8) is 0 Å². The number of amides is 2. The van der Waals surface area contributed by atoms with E-state index in [0.717, 1.165) is 19.3 Å². The molecule has 0 aromatic heterocycles. The molecule has 0 aliphatic carbocycles. The summed E-state index contributed by atoms with van der Waals surface area (Å²) in [5, 5.41) is 0.532. The van der Waals surface area contributed by atoms with Gasteiger partial charge in [-0.05, 0) is 37.9 Å². The van der Waals surface area contributed by atoms with Gasteiger partial charge in [0.05, 0.1) is 22.7 Å². The molecule has 7 heteroatoms. The number of hydrogen-bond donors (Lipinski definition) is 1. The Morgan fingerprint density at radius 3 is 2.69 bits per heavy atom. The molecule has 0 spiro atoms. The van der Waals surface area contributed by atoms with Gasteiger partial charge in [0.2, 0.25) is 11.8 Å². The number of ether oxygens (including phenoxy) is 1. The lowest BCUT2D eigenvalue weighted by Gasteiger charge is -2.33. The number of halogens is 1. The van der Waals surface area contributed by atoms with E-state index in [9.17, 15) is 9.59 Å². The first-order chi connectivity index (χ1) is 12.6. The van der Waals surface area contributed by atoms with E-state index in [2.05, 4.69) is 0 Å². The fourth-order valence-corrected chi connectivity index (χ4v) is 3.85. The highest BCUT2D eigenvalue weighted by molar-refractivity contribution is 6.33. The number of para-hydroxylation sites is 1. The van der Waals surface area contributed by atoms with Crippen molar-refractivity contribution in [2.24, 2.45) is 11.7 Å². The fourth-order valence-electron chi connectivity index (χ4n) is 3.61. The van der Waals surface area contributed by atoms with Gasteiger partial charge in [-0.3, -0.25) is 9.59 Å². The lowest BCUT2D eigenvalue weighted by molar-refractivity contribution is -0.138. The number of rotatable bonds is 6. The number of hydrogen-bond acceptors (Lipinski definition) is 4. The standard InChI is InChI=1S/C19H26ClN3O3/c20-16-4-1-2-5-17(16)23-13-14(12-18(23)24)19(25)22-9-6-15(7-10-22)26-11-3-8-21/h1-2,4-5,14-15H,3,6-13,21H2/t14-/m1/s1. The van der Waals surface area contributed by atoms with Crippen molar-refractivity contribution in [1.82, 2.24) is 4.90 Å². The van der Waals surface area contributed by atoms with E-state index in [1.165, 1.54) is 0 Å². The van der Waals surface area contributed by atoms with Crippen LogP contribution in [0.25, 0.3) is 0 Å². The molecule has 1 aromatic rings. The van der Waals surface area contributed by atoms with Gasteiger partial charge in [0, 0.05) is 32.7 Å². The Labute approximate surface area is 159 Å². The van der Waals surface area contributed by atoms with E-state index in [0.29, 0.717) is 43.5 Å². The maximum Gasteiger partial charge on any atom is 0.228 e. The summed E-state index contributed by atoms with van der Waals surface area (Å²) in [6.45, 7) is 3.08. The van der Waals surface area contributed by atoms with Gasteiger partial charge in [-0.1, -0.05) is 23.7 Å². The average molecular weight is 380 g/mol. The Balaban J connectivity index is 1.53. The van der Waals surface area contributed by atoms with Gasteiger partial charge >= 0.3 is 0 Å². The van der Waals surface area contributed by atoms with Crippen LogP contribution in [-0.4, -0.2) is 55.6 Å². The quantitative estimate of drug-likeness (QED) is 0.767. The molecule has 1 aromatic carbocycles. The monoisotopic (exact) mass is 379 g/mol. The minimum absolute atomic E-state index is 0.0450. The number of benzene rings is 1. The molecule has 3 rings (SSSR count). The van der Waals surface area contributed by atoms with Crippen molar-refractivity contribution in [3.8, 4) is 0 Å². The molecule has 2 N–H and O–H groups in total. The van der Waals surface area contributed by atoms with Gasteiger partial charge < -0.3 is 20.3 Å². The fraction of sp³-hybridized carbons (Fsp3) is 0.579. The van der Waals surface area contributed by atoms with E-state index in [-0.39, 0.29) is 30.3 Å². The first kappa shape index (κ1) is 19.1. The molecule has 0 radical (unpaired) electrons. The second-order valence-corrected chi connectivity index (χ2v) is 7.30. The molecule has 2 amide bonds. The Morgan fingerprint density at radius 1 is 1.27 bits per heavy atom. The minimum Gasteiger partial charge on any atom is -0.378 e. The highest BCUT2D eigenvalue weighted by Crippen LogP contribution is 2.32. The van der Waals surface area contributed by atoms with Crippen molar-refractivity contribution >= 4 is 29.1 Å². The van der Waals surface area contributed by atoms with Crippen molar-refractivity contribution in [1.29, 1.82) is 0 Å². The van der Waals surface area contributed by atoms with Gasteiger partial charge in [-0.2, -0.15) is 0 Å². The molecule has 2 saturated heterocycles. The molecule has 2 aliphatic rings. The van der Waals surface area contributed by atoms with Crippen molar-refractivity contribution in [3.05, 3.63) is 29.3 Å². The third kappa shape index (κ3) is 4.37. The Morgan fingerprint density at radius 2 is 2.00 bits per heavy atom. The number of carbonyl (C=O) groups is 2. The number of likely N-dealkylation sites (tertiary alicyclic amines) is 1. The molecule has 0 unspecified atom stereocenters. The summed E-state index contributed by atoms with van der Waals surface area (Å²) in [5.74, 6) is -0.279. The van der Waals surface area contributed by atoms with Crippen LogP contribution in [0.3, 0.4) is 0 Å². The molecular weight excluding hydrogens is 354 g/mol. The van der Waals surface area contributed by atoms with Crippen molar-refractivity contribution in [2.75, 3.05) is 37.7 Å². The van der Waals surface area contributed by atoms with Gasteiger partial charge in [0.15, 0.2) is 0 Å². The zero-order valence-electron chi connectivity index (χ0n) is 14.9. The van der Waals surface area contributed by atoms with E-state index in [1.807, 2.05) is 23.1 Å². The summed E-state index contributed by atoms with van der Waals surface area (Å²) >= 11 is 6.20. The topological polar surface area (TPSA) is 75.9 Å². The lowest BCUT2D eigenvalue weighted by Crippen LogP contribution is -2.44. The van der Waals surface area contributed by atoms with Crippen LogP contribution in [0.15, 0.2) is 24.3 Å². The molecule has 0 bridgehead atoms. The first-order valence-electron chi connectivity index (χ1n) is 9.25. The number of anilines is 1. The van der Waals surface area contributed by atoms with Gasteiger partial charge in [-0.15, -0.1) is 0 Å². The normalized spacial score (nSPS) is 21.5. The van der Waals surface area contributed by atoms with Crippen LogP contribution in [0.2, 0.25) is 5.02 Å². The van der Waals surface area contributed by atoms with E-state index in [4.69, 9.17) is 22.1 Å². The van der Waals surface area contributed by atoms with Gasteiger partial charge in [-0.25, -0.2) is 0 Å². The summed E-state index contributed by atoms with van der Waals surface area (Å²) in [6.07, 6.45) is 2.99. The molecule has 26 heavy (non-hydrogen) atoms. The van der Waals surface area contributed by atoms with E-state index < -0.39 is 0 Å². The van der Waals surface area contributed by atoms with Gasteiger partial charge in [0.25, 0.3) is 0 Å². The Kier molecular flexibility index (Phi) is 6.51. The number of carbonyl (C=O) groups excluding carboxylic acids is 2. The Bertz CT molecular complexity index is 647. The zero-order valence-corrected chi connectivity index (χ0v) is 15.7. The summed E-state index contributed by atoms with van der Waals surface area (Å²) < 4.78 is 5.79. The summed E-state index contributed by atoms with van der Waals surface area (Å²) in [5.41, 5.74) is 6.16. The smallest absolute Gasteiger partial charge is 0.228 e. The molecule has 2 aliphatic heterocycles. The summed E-state index contributed by atoms with van der Waals surface area (Å²) in [4.78, 5) is 28.7. The van der Waals surface area contributed by atoms with Gasteiger partial charge in [0.1, 0.15) is 0 Å². The molecule has 6 nitrogen and oxygen atoms in total. The van der Waals surface area contributed by atoms with Crippen LogP contribution in [0.4, 0.5) is 5.69 Å². The van der Waals surface area contributed by atoms with Crippen molar-refractivity contribution in [2.45, 2.75) is 31.8 Å². The van der Waals surface area contributed by atoms with Crippen LogP contribution < -0.4 is 10.6 Å². The van der Waals surface area contributed by atoms with Crippen LogP contribution in [0.5, 0.6) is 0 Å². The molecule has 2 fully saturated rings. The Hall–Kier alpha value is -1.63. The molecule has 1 atom stereocenters. The van der Waals surface area contributed by atoms with Crippen molar-refractivity contribution < 1.29 is 14.3 Å². The highest BCUT2D eigenvalue weighted by Gasteiger charge is 2.38.